The van der Waals surface area contributed by atoms with Gasteiger partial charge in [-0.05, 0) is 31.3 Å². The van der Waals surface area contributed by atoms with E-state index in [1.54, 1.807) is 0 Å². The van der Waals surface area contributed by atoms with Gasteiger partial charge in [-0.3, -0.25) is 24.0 Å². The highest BCUT2D eigenvalue weighted by Gasteiger charge is 2.25. The molecule has 0 aromatic rings. The number of hydrogen-bond acceptors (Lipinski definition) is 7. The van der Waals surface area contributed by atoms with Crippen molar-refractivity contribution in [2.75, 3.05) is 25.1 Å². The van der Waals surface area contributed by atoms with Crippen LogP contribution in [0, 0.1) is 5.92 Å². The second-order valence-corrected chi connectivity index (χ2v) is 7.86. The highest BCUT2D eigenvalue weighted by molar-refractivity contribution is 7.98. The van der Waals surface area contributed by atoms with Gasteiger partial charge in [0.15, 0.2) is 0 Å². The molecule has 0 rings (SSSR count). The van der Waals surface area contributed by atoms with Gasteiger partial charge in [0.1, 0.15) is 18.6 Å². The maximum atomic E-state index is 12.3. The minimum absolute atomic E-state index is 0.0387. The third kappa shape index (κ3) is 11.0. The van der Waals surface area contributed by atoms with Gasteiger partial charge < -0.3 is 32.1 Å². The molecule has 0 heterocycles. The number of aliphatic carboxylic acids is 1. The monoisotopic (exact) mass is 447 g/mol. The van der Waals surface area contributed by atoms with Gasteiger partial charge in [-0.15, -0.1) is 0 Å². The van der Waals surface area contributed by atoms with E-state index >= 15 is 0 Å². The molecule has 0 radical (unpaired) electrons. The number of thioether (sulfide) groups is 1. The zero-order valence-corrected chi connectivity index (χ0v) is 18.6. The number of carboxylic acids is 1. The van der Waals surface area contributed by atoms with E-state index < -0.39 is 54.3 Å². The van der Waals surface area contributed by atoms with Gasteiger partial charge in [0.2, 0.25) is 23.6 Å². The summed E-state index contributed by atoms with van der Waals surface area (Å²) in [5.74, 6) is -2.94. The average Bonchev–Trinajstić information content (AvgIpc) is 2.71. The van der Waals surface area contributed by atoms with Crippen LogP contribution in [0.4, 0.5) is 0 Å². The zero-order valence-electron chi connectivity index (χ0n) is 17.8. The summed E-state index contributed by atoms with van der Waals surface area (Å²) < 4.78 is 0. The minimum Gasteiger partial charge on any atom is -0.480 e. The van der Waals surface area contributed by atoms with E-state index in [9.17, 15) is 24.0 Å². The molecule has 0 aliphatic heterocycles. The van der Waals surface area contributed by atoms with Gasteiger partial charge in [0, 0.05) is 0 Å². The third-order valence-corrected chi connectivity index (χ3v) is 5.06. The Bertz CT molecular complexity index is 618. The first-order chi connectivity index (χ1) is 14.0. The van der Waals surface area contributed by atoms with Crippen molar-refractivity contribution in [2.45, 2.75) is 51.7 Å². The first kappa shape index (κ1) is 27.7. The quantitative estimate of drug-likeness (QED) is 0.184. The van der Waals surface area contributed by atoms with Gasteiger partial charge >= 0.3 is 5.97 Å². The van der Waals surface area contributed by atoms with Gasteiger partial charge in [0.25, 0.3) is 0 Å². The summed E-state index contributed by atoms with van der Waals surface area (Å²) in [5, 5.41) is 18.3. The van der Waals surface area contributed by atoms with Crippen LogP contribution in [-0.2, 0) is 24.0 Å². The van der Waals surface area contributed by atoms with E-state index in [-0.39, 0.29) is 12.5 Å². The molecule has 0 bridgehead atoms. The Kier molecular flexibility index (Phi) is 13.5. The van der Waals surface area contributed by atoms with E-state index in [1.165, 1.54) is 18.7 Å². The number of carbonyl (C=O) groups excluding carboxylic acids is 4. The number of amides is 4. The van der Waals surface area contributed by atoms with Gasteiger partial charge in [-0.2, -0.15) is 11.8 Å². The standard InChI is InChI=1S/C18H33N5O6S/c1-5-10(2)15(19)18(29)20-8-13(24)22-11(3)16(27)23-12(6-7-30-4)17(28)21-9-14(25)26/h10-12,15H,5-9,19H2,1-4H3,(H,20,29)(H,21,28)(H,22,24)(H,23,27)(H,25,26)/t10-,11-,12-,15-/m0/s1. The lowest BCUT2D eigenvalue weighted by molar-refractivity contribution is -0.138. The van der Waals surface area contributed by atoms with Crippen molar-refractivity contribution in [1.82, 2.24) is 21.3 Å². The fourth-order valence-electron chi connectivity index (χ4n) is 2.24. The first-order valence-corrected chi connectivity index (χ1v) is 11.0. The van der Waals surface area contributed by atoms with Crippen molar-refractivity contribution >= 4 is 41.4 Å². The SMILES string of the molecule is CC[C@H](C)[C@H](N)C(=O)NCC(=O)N[C@@H](C)C(=O)N[C@@H](CCSC)C(=O)NCC(=O)O. The van der Waals surface area contributed by atoms with Crippen molar-refractivity contribution < 1.29 is 29.1 Å². The lowest BCUT2D eigenvalue weighted by atomic mass is 9.99. The van der Waals surface area contributed by atoms with Gasteiger partial charge in [-0.1, -0.05) is 20.3 Å². The summed E-state index contributed by atoms with van der Waals surface area (Å²) in [4.78, 5) is 59.0. The summed E-state index contributed by atoms with van der Waals surface area (Å²) in [7, 11) is 0. The summed E-state index contributed by atoms with van der Waals surface area (Å²) in [6.07, 6.45) is 2.84. The third-order valence-electron chi connectivity index (χ3n) is 4.41. The molecule has 0 aromatic heterocycles. The second-order valence-electron chi connectivity index (χ2n) is 6.87. The summed E-state index contributed by atoms with van der Waals surface area (Å²) in [5.41, 5.74) is 5.79. The summed E-state index contributed by atoms with van der Waals surface area (Å²) in [6, 6.07) is -2.64. The topological polar surface area (TPSA) is 180 Å². The number of nitrogens with one attached hydrogen (secondary N) is 4. The van der Waals surface area contributed by atoms with E-state index in [0.717, 1.165) is 6.42 Å². The first-order valence-electron chi connectivity index (χ1n) is 9.64. The maximum absolute atomic E-state index is 12.3. The predicted molar refractivity (Wildman–Crippen MR) is 114 cm³/mol. The molecule has 172 valence electrons. The van der Waals surface area contributed by atoms with Crippen LogP contribution in [0.15, 0.2) is 0 Å². The zero-order chi connectivity index (χ0) is 23.3. The molecular weight excluding hydrogens is 414 g/mol. The second kappa shape index (κ2) is 14.6. The molecule has 7 N–H and O–H groups in total. The largest absolute Gasteiger partial charge is 0.480 e. The number of nitrogens with two attached hydrogens (primary N) is 1. The number of hydrogen-bond donors (Lipinski definition) is 6. The van der Waals surface area contributed by atoms with Gasteiger partial charge in [-0.25, -0.2) is 0 Å². The minimum atomic E-state index is -1.20. The molecule has 0 saturated carbocycles. The molecular formula is C18H33N5O6S. The molecule has 4 atom stereocenters. The van der Waals surface area contributed by atoms with Gasteiger partial charge in [0.05, 0.1) is 12.6 Å². The molecule has 30 heavy (non-hydrogen) atoms. The van der Waals surface area contributed by atoms with Crippen LogP contribution in [0.25, 0.3) is 0 Å². The van der Waals surface area contributed by atoms with Crippen molar-refractivity contribution in [2.24, 2.45) is 11.7 Å². The van der Waals surface area contributed by atoms with E-state index in [0.29, 0.717) is 12.2 Å². The van der Waals surface area contributed by atoms with Crippen LogP contribution in [-0.4, -0.2) is 77.9 Å². The predicted octanol–water partition coefficient (Wildman–Crippen LogP) is -1.58. The molecule has 0 aliphatic carbocycles. The van der Waals surface area contributed by atoms with Crippen LogP contribution in [0.2, 0.25) is 0 Å². The normalized spacial score (nSPS) is 14.6. The van der Waals surface area contributed by atoms with Crippen molar-refractivity contribution in [3.05, 3.63) is 0 Å². The molecule has 0 aromatic carbocycles. The Morgan fingerprint density at radius 2 is 1.57 bits per heavy atom. The van der Waals surface area contributed by atoms with E-state index in [2.05, 4.69) is 21.3 Å². The molecule has 0 unspecified atom stereocenters. The Morgan fingerprint density at radius 1 is 0.967 bits per heavy atom. The summed E-state index contributed by atoms with van der Waals surface area (Å²) in [6.45, 7) is 4.27. The lowest BCUT2D eigenvalue weighted by Gasteiger charge is -2.21. The number of carbonyl (C=O) groups is 5. The van der Waals surface area contributed by atoms with Crippen LogP contribution < -0.4 is 27.0 Å². The average molecular weight is 448 g/mol. The van der Waals surface area contributed by atoms with Crippen molar-refractivity contribution in [3.8, 4) is 0 Å². The molecule has 0 saturated heterocycles. The van der Waals surface area contributed by atoms with E-state index in [1.807, 2.05) is 20.1 Å². The van der Waals surface area contributed by atoms with Crippen LogP contribution in [0.1, 0.15) is 33.6 Å². The highest BCUT2D eigenvalue weighted by atomic mass is 32.2. The fourth-order valence-corrected chi connectivity index (χ4v) is 2.71. The maximum Gasteiger partial charge on any atom is 0.322 e. The Morgan fingerprint density at radius 3 is 2.10 bits per heavy atom. The van der Waals surface area contributed by atoms with Crippen molar-refractivity contribution in [1.29, 1.82) is 0 Å². The van der Waals surface area contributed by atoms with Crippen LogP contribution in [0.5, 0.6) is 0 Å². The molecule has 0 spiro atoms. The molecule has 4 amide bonds. The number of rotatable bonds is 14. The van der Waals surface area contributed by atoms with Crippen LogP contribution in [0.3, 0.4) is 0 Å². The Hall–Kier alpha value is -2.34. The Labute approximate surface area is 180 Å². The Balaban J connectivity index is 4.65. The lowest BCUT2D eigenvalue weighted by Crippen LogP contribution is -2.54. The fraction of sp³-hybridized carbons (Fsp3) is 0.722. The molecule has 0 aliphatic rings. The highest BCUT2D eigenvalue weighted by Crippen LogP contribution is 2.05. The van der Waals surface area contributed by atoms with E-state index in [4.69, 9.17) is 10.8 Å². The molecule has 12 heteroatoms. The molecule has 0 fully saturated rings. The summed E-state index contributed by atoms with van der Waals surface area (Å²) >= 11 is 1.47. The molecule has 11 nitrogen and oxygen atoms in total. The van der Waals surface area contributed by atoms with Crippen LogP contribution >= 0.6 is 11.8 Å². The number of carboxylic acid groups (broad SMARTS) is 1. The van der Waals surface area contributed by atoms with Crippen molar-refractivity contribution in [3.63, 3.8) is 0 Å². The smallest absolute Gasteiger partial charge is 0.322 e.